The van der Waals surface area contributed by atoms with Gasteiger partial charge in [0.15, 0.2) is 5.65 Å². The Morgan fingerprint density at radius 2 is 1.96 bits per heavy atom. The second-order valence-corrected chi connectivity index (χ2v) is 7.72. The molecule has 0 fully saturated rings. The van der Waals surface area contributed by atoms with E-state index in [4.69, 9.17) is 26.3 Å². The van der Waals surface area contributed by atoms with Crippen molar-refractivity contribution in [3.8, 4) is 17.0 Å². The molecule has 0 aliphatic rings. The van der Waals surface area contributed by atoms with Gasteiger partial charge < -0.3 is 14.2 Å². The van der Waals surface area contributed by atoms with Crippen molar-refractivity contribution in [1.82, 2.24) is 19.4 Å². The summed E-state index contributed by atoms with van der Waals surface area (Å²) in [6.45, 7) is 10.5. The monoisotopic (exact) mass is 400 g/mol. The van der Waals surface area contributed by atoms with Crippen LogP contribution >= 0.6 is 11.6 Å². The van der Waals surface area contributed by atoms with E-state index in [0.717, 1.165) is 58.9 Å². The summed E-state index contributed by atoms with van der Waals surface area (Å²) in [5.41, 5.74) is 5.58. The second kappa shape index (κ2) is 8.50. The van der Waals surface area contributed by atoms with Crippen molar-refractivity contribution in [2.24, 2.45) is 0 Å². The van der Waals surface area contributed by atoms with Gasteiger partial charge in [-0.2, -0.15) is 0 Å². The number of benzene rings is 1. The molecule has 150 valence electrons. The average molecular weight is 401 g/mol. The molecular weight excluding hydrogens is 372 g/mol. The van der Waals surface area contributed by atoms with Crippen LogP contribution in [0.1, 0.15) is 37.6 Å². The molecule has 0 unspecified atom stereocenters. The van der Waals surface area contributed by atoms with Gasteiger partial charge in [-0.25, -0.2) is 9.97 Å². The maximum Gasteiger partial charge on any atom is 0.159 e. The number of hydrogen-bond acceptors (Lipinski definition) is 4. The predicted octanol–water partition coefficient (Wildman–Crippen LogP) is 5.28. The quantitative estimate of drug-likeness (QED) is 0.541. The molecule has 0 saturated heterocycles. The third-order valence-corrected chi connectivity index (χ3v) is 5.67. The maximum atomic E-state index is 6.50. The Morgan fingerprint density at radius 3 is 2.57 bits per heavy atom. The van der Waals surface area contributed by atoms with Gasteiger partial charge in [0, 0.05) is 24.3 Å². The molecule has 1 atom stereocenters. The zero-order valence-corrected chi connectivity index (χ0v) is 18.3. The van der Waals surface area contributed by atoms with Crippen molar-refractivity contribution < 1.29 is 4.74 Å². The fourth-order valence-electron chi connectivity index (χ4n) is 3.53. The first-order chi connectivity index (χ1) is 13.4. The van der Waals surface area contributed by atoms with E-state index >= 15 is 0 Å². The summed E-state index contributed by atoms with van der Waals surface area (Å²) in [7, 11) is 3.79. The van der Waals surface area contributed by atoms with E-state index in [2.05, 4.69) is 43.5 Å². The fourth-order valence-corrected chi connectivity index (χ4v) is 3.79. The highest BCUT2D eigenvalue weighted by atomic mass is 35.5. The van der Waals surface area contributed by atoms with Gasteiger partial charge in [-0.05, 0) is 57.6 Å². The molecule has 0 radical (unpaired) electrons. The minimum absolute atomic E-state index is 0.366. The molecular formula is C22H29ClN4O. The topological polar surface area (TPSA) is 43.2 Å². The Bertz CT molecular complexity index is 982. The van der Waals surface area contributed by atoms with Crippen LogP contribution in [0.5, 0.6) is 5.75 Å². The van der Waals surface area contributed by atoms with E-state index < -0.39 is 0 Å². The van der Waals surface area contributed by atoms with Crippen molar-refractivity contribution in [1.29, 1.82) is 0 Å². The van der Waals surface area contributed by atoms with Gasteiger partial charge in [0.2, 0.25) is 0 Å². The summed E-state index contributed by atoms with van der Waals surface area (Å²) in [6.07, 6.45) is 3.22. The molecule has 6 heteroatoms. The van der Waals surface area contributed by atoms with Crippen LogP contribution in [0.2, 0.25) is 5.02 Å². The Morgan fingerprint density at radius 1 is 1.21 bits per heavy atom. The van der Waals surface area contributed by atoms with Gasteiger partial charge in [0.05, 0.1) is 23.5 Å². The zero-order valence-electron chi connectivity index (χ0n) is 17.6. The molecule has 0 bridgehead atoms. The number of methoxy groups -OCH3 is 1. The van der Waals surface area contributed by atoms with E-state index in [9.17, 15) is 0 Å². The smallest absolute Gasteiger partial charge is 0.159 e. The van der Waals surface area contributed by atoms with Gasteiger partial charge in [0.1, 0.15) is 11.3 Å². The van der Waals surface area contributed by atoms with Gasteiger partial charge in [0.25, 0.3) is 0 Å². The molecule has 0 spiro atoms. The highest BCUT2D eigenvalue weighted by molar-refractivity contribution is 6.33. The summed E-state index contributed by atoms with van der Waals surface area (Å²) in [5, 5.41) is 0.615. The van der Waals surface area contributed by atoms with E-state index in [1.54, 1.807) is 7.11 Å². The van der Waals surface area contributed by atoms with Crippen LogP contribution in [0.3, 0.4) is 0 Å². The van der Waals surface area contributed by atoms with Crippen LogP contribution in [0, 0.1) is 13.8 Å². The first-order valence-electron chi connectivity index (χ1n) is 9.77. The number of fused-ring (bicyclic) bond motifs is 1. The largest absolute Gasteiger partial charge is 0.497 e. The van der Waals surface area contributed by atoms with E-state index in [-0.39, 0.29) is 0 Å². The predicted molar refractivity (Wildman–Crippen MR) is 116 cm³/mol. The third kappa shape index (κ3) is 3.87. The second-order valence-electron chi connectivity index (χ2n) is 7.31. The summed E-state index contributed by atoms with van der Waals surface area (Å²) in [4.78, 5) is 12.3. The minimum atomic E-state index is 0.366. The lowest BCUT2D eigenvalue weighted by atomic mass is 10.1. The molecule has 0 amide bonds. The van der Waals surface area contributed by atoms with E-state index in [0.29, 0.717) is 11.1 Å². The Hall–Kier alpha value is -2.11. The molecule has 3 rings (SSSR count). The summed E-state index contributed by atoms with van der Waals surface area (Å²) >= 11 is 6.50. The first kappa shape index (κ1) is 20.6. The zero-order chi connectivity index (χ0) is 20.4. The van der Waals surface area contributed by atoms with Crippen molar-refractivity contribution in [2.75, 3.05) is 27.2 Å². The number of likely N-dealkylation sites (N-methyl/N-ethyl adjacent to an activating group) is 1. The summed E-state index contributed by atoms with van der Waals surface area (Å²) in [6, 6.07) is 6.03. The lowest BCUT2D eigenvalue weighted by Gasteiger charge is -2.24. The van der Waals surface area contributed by atoms with Crippen molar-refractivity contribution >= 4 is 22.8 Å². The van der Waals surface area contributed by atoms with E-state index in [1.165, 1.54) is 0 Å². The average Bonchev–Trinajstić information content (AvgIpc) is 3.00. The molecule has 0 aliphatic carbocycles. The normalized spacial score (nSPS) is 12.7. The number of hydrogen-bond donors (Lipinski definition) is 0. The molecule has 2 heterocycles. The van der Waals surface area contributed by atoms with Crippen LogP contribution in [0.15, 0.2) is 24.4 Å². The SMILES string of the molecule is CC[C@@H](CN(C)CC)n1cc(C)c2nc(-c3ccc(OC)cc3Cl)c(C)nc21. The highest BCUT2D eigenvalue weighted by Crippen LogP contribution is 2.33. The maximum absolute atomic E-state index is 6.50. The number of ether oxygens (including phenoxy) is 1. The lowest BCUT2D eigenvalue weighted by molar-refractivity contribution is 0.285. The van der Waals surface area contributed by atoms with Crippen molar-refractivity contribution in [2.45, 2.75) is 40.2 Å². The van der Waals surface area contributed by atoms with Crippen molar-refractivity contribution in [3.05, 3.63) is 40.7 Å². The molecule has 0 saturated carbocycles. The van der Waals surface area contributed by atoms with Crippen LogP contribution in [-0.4, -0.2) is 46.7 Å². The van der Waals surface area contributed by atoms with Crippen LogP contribution in [0.25, 0.3) is 22.4 Å². The minimum Gasteiger partial charge on any atom is -0.497 e. The van der Waals surface area contributed by atoms with Crippen LogP contribution < -0.4 is 4.74 Å². The fraction of sp³-hybridized carbons (Fsp3) is 0.455. The molecule has 3 aromatic rings. The molecule has 1 aromatic carbocycles. The number of aromatic nitrogens is 3. The molecule has 2 aromatic heterocycles. The third-order valence-electron chi connectivity index (χ3n) is 5.36. The Kier molecular flexibility index (Phi) is 6.26. The van der Waals surface area contributed by atoms with Crippen molar-refractivity contribution in [3.63, 3.8) is 0 Å². The number of halogens is 1. The Labute approximate surface area is 172 Å². The number of rotatable bonds is 7. The van der Waals surface area contributed by atoms with Crippen LogP contribution in [0.4, 0.5) is 0 Å². The molecule has 0 N–H and O–H groups in total. The number of aryl methyl sites for hydroxylation is 2. The van der Waals surface area contributed by atoms with E-state index in [1.807, 2.05) is 25.1 Å². The Balaban J connectivity index is 2.11. The van der Waals surface area contributed by atoms with Gasteiger partial charge in [-0.3, -0.25) is 0 Å². The molecule has 0 aliphatic heterocycles. The van der Waals surface area contributed by atoms with Crippen LogP contribution in [-0.2, 0) is 0 Å². The van der Waals surface area contributed by atoms with Gasteiger partial charge >= 0.3 is 0 Å². The molecule has 28 heavy (non-hydrogen) atoms. The van der Waals surface area contributed by atoms with Gasteiger partial charge in [-0.1, -0.05) is 25.4 Å². The number of nitrogens with zero attached hydrogens (tertiary/aromatic N) is 4. The summed E-state index contributed by atoms with van der Waals surface area (Å²) < 4.78 is 7.55. The highest BCUT2D eigenvalue weighted by Gasteiger charge is 2.20. The first-order valence-corrected chi connectivity index (χ1v) is 10.2. The molecule has 5 nitrogen and oxygen atoms in total. The van der Waals surface area contributed by atoms with Gasteiger partial charge in [-0.15, -0.1) is 0 Å². The standard InChI is InChI=1S/C22H29ClN4O/c1-7-16(13-26(5)8-2)27-12-14(3)20-22(27)24-15(4)21(25-20)18-10-9-17(28-6)11-19(18)23/h9-12,16H,7-8,13H2,1-6H3/t16-/m0/s1. The summed E-state index contributed by atoms with van der Waals surface area (Å²) in [5.74, 6) is 0.730. The lowest BCUT2D eigenvalue weighted by Crippen LogP contribution is -2.27.